The molecule has 1 aromatic carbocycles. The number of anilines is 1. The van der Waals surface area contributed by atoms with E-state index in [0.29, 0.717) is 17.1 Å². The van der Waals surface area contributed by atoms with Crippen molar-refractivity contribution in [3.8, 4) is 5.69 Å². The van der Waals surface area contributed by atoms with Crippen molar-refractivity contribution in [3.05, 3.63) is 48.4 Å². The van der Waals surface area contributed by atoms with Gasteiger partial charge in [-0.3, -0.25) is 14.3 Å². The first-order valence-corrected chi connectivity index (χ1v) is 9.26. The molecule has 3 heterocycles. The first kappa shape index (κ1) is 17.5. The number of para-hydroxylation sites is 1. The molecule has 0 aliphatic carbocycles. The molecule has 1 fully saturated rings. The largest absolute Gasteiger partial charge is 0.366 e. The van der Waals surface area contributed by atoms with Crippen molar-refractivity contribution >= 4 is 22.8 Å². The molecule has 1 saturated heterocycles. The van der Waals surface area contributed by atoms with Gasteiger partial charge in [-0.05, 0) is 38.1 Å². The number of benzene rings is 1. The predicted octanol–water partition coefficient (Wildman–Crippen LogP) is 2.05. The number of carbonyl (C=O) groups excluding carboxylic acids is 1. The maximum Gasteiger partial charge on any atom is 0.250 e. The van der Waals surface area contributed by atoms with Crippen LogP contribution in [0.1, 0.15) is 24.2 Å². The second-order valence-electron chi connectivity index (χ2n) is 7.14. The third-order valence-corrected chi connectivity index (χ3v) is 5.22. The van der Waals surface area contributed by atoms with Gasteiger partial charge in [0.15, 0.2) is 0 Å². The fourth-order valence-electron chi connectivity index (χ4n) is 3.62. The molecule has 0 spiro atoms. The predicted molar refractivity (Wildman–Crippen MR) is 106 cm³/mol. The third-order valence-electron chi connectivity index (χ3n) is 5.22. The number of hydrogen-bond acceptors (Lipinski definition) is 5. The quantitative estimate of drug-likeness (QED) is 0.766. The number of amides is 1. The average molecular weight is 364 g/mol. The van der Waals surface area contributed by atoms with Gasteiger partial charge in [0.05, 0.1) is 23.0 Å². The molecule has 1 aliphatic rings. The Labute approximate surface area is 158 Å². The van der Waals surface area contributed by atoms with Crippen LogP contribution >= 0.6 is 0 Å². The highest BCUT2D eigenvalue weighted by Crippen LogP contribution is 2.22. The first-order chi connectivity index (χ1) is 13.0. The Hall–Kier alpha value is -2.93. The van der Waals surface area contributed by atoms with Crippen LogP contribution in [0.4, 0.5) is 5.82 Å². The van der Waals surface area contributed by atoms with Crippen LogP contribution in [0.2, 0.25) is 0 Å². The van der Waals surface area contributed by atoms with E-state index in [2.05, 4.69) is 33.6 Å². The molecular formula is C20H24N6O. The lowest BCUT2D eigenvalue weighted by molar-refractivity contribution is 0.100. The Morgan fingerprint density at radius 1 is 1.07 bits per heavy atom. The number of piperazine rings is 1. The highest BCUT2D eigenvalue weighted by molar-refractivity contribution is 6.04. The van der Waals surface area contributed by atoms with Crippen LogP contribution in [0.3, 0.4) is 0 Å². The molecule has 7 heteroatoms. The minimum absolute atomic E-state index is 0.429. The zero-order valence-electron chi connectivity index (χ0n) is 15.7. The second kappa shape index (κ2) is 7.00. The van der Waals surface area contributed by atoms with Crippen LogP contribution in [-0.2, 0) is 0 Å². The number of nitrogens with two attached hydrogens (primary N) is 1. The smallest absolute Gasteiger partial charge is 0.250 e. The van der Waals surface area contributed by atoms with E-state index in [1.807, 2.05) is 35.0 Å². The van der Waals surface area contributed by atoms with Gasteiger partial charge >= 0.3 is 0 Å². The molecule has 27 heavy (non-hydrogen) atoms. The SMILES string of the molecule is CC(C)N1CCN(c2ccc(-n3cnc4c(C(N)=O)cccc43)cn2)CC1. The van der Waals surface area contributed by atoms with Gasteiger partial charge in [0, 0.05) is 32.2 Å². The Kier molecular flexibility index (Phi) is 4.53. The normalized spacial score (nSPS) is 15.6. The number of imidazole rings is 1. The topological polar surface area (TPSA) is 80.3 Å². The summed E-state index contributed by atoms with van der Waals surface area (Å²) in [5.41, 5.74) is 8.23. The van der Waals surface area contributed by atoms with E-state index in [4.69, 9.17) is 5.73 Å². The molecule has 3 aromatic rings. The van der Waals surface area contributed by atoms with Gasteiger partial charge in [-0.1, -0.05) is 6.07 Å². The minimum Gasteiger partial charge on any atom is -0.366 e. The van der Waals surface area contributed by atoms with Gasteiger partial charge in [-0.25, -0.2) is 9.97 Å². The van der Waals surface area contributed by atoms with Crippen molar-refractivity contribution in [2.24, 2.45) is 5.73 Å². The lowest BCUT2D eigenvalue weighted by Crippen LogP contribution is -2.49. The monoisotopic (exact) mass is 364 g/mol. The van der Waals surface area contributed by atoms with E-state index in [1.165, 1.54) is 0 Å². The van der Waals surface area contributed by atoms with Crippen LogP contribution in [0, 0.1) is 0 Å². The lowest BCUT2D eigenvalue weighted by atomic mass is 10.1. The average Bonchev–Trinajstić information content (AvgIpc) is 3.12. The molecular weight excluding hydrogens is 340 g/mol. The van der Waals surface area contributed by atoms with Crippen LogP contribution in [0.15, 0.2) is 42.9 Å². The zero-order chi connectivity index (χ0) is 19.0. The molecule has 2 aromatic heterocycles. The van der Waals surface area contributed by atoms with Gasteiger partial charge < -0.3 is 10.6 Å². The van der Waals surface area contributed by atoms with Crippen LogP contribution < -0.4 is 10.6 Å². The fourth-order valence-corrected chi connectivity index (χ4v) is 3.62. The third kappa shape index (κ3) is 3.26. The Balaban J connectivity index is 1.58. The maximum atomic E-state index is 11.6. The van der Waals surface area contributed by atoms with E-state index >= 15 is 0 Å². The van der Waals surface area contributed by atoms with E-state index in [9.17, 15) is 4.79 Å². The summed E-state index contributed by atoms with van der Waals surface area (Å²) in [5, 5.41) is 0. The van der Waals surface area contributed by atoms with E-state index in [-0.39, 0.29) is 0 Å². The number of pyridine rings is 1. The lowest BCUT2D eigenvalue weighted by Gasteiger charge is -2.37. The fraction of sp³-hybridized carbons (Fsp3) is 0.350. The van der Waals surface area contributed by atoms with Gasteiger partial charge in [0.2, 0.25) is 0 Å². The summed E-state index contributed by atoms with van der Waals surface area (Å²) in [4.78, 5) is 25.4. The summed E-state index contributed by atoms with van der Waals surface area (Å²) >= 11 is 0. The van der Waals surface area contributed by atoms with Crippen molar-refractivity contribution in [2.75, 3.05) is 31.1 Å². The van der Waals surface area contributed by atoms with Crippen LogP contribution in [0.5, 0.6) is 0 Å². The minimum atomic E-state index is -0.472. The molecule has 0 saturated carbocycles. The number of rotatable bonds is 4. The molecule has 7 nitrogen and oxygen atoms in total. The van der Waals surface area contributed by atoms with Gasteiger partial charge in [-0.15, -0.1) is 0 Å². The summed E-state index contributed by atoms with van der Waals surface area (Å²) in [6.07, 6.45) is 3.55. The van der Waals surface area contributed by atoms with Crippen molar-refractivity contribution in [1.82, 2.24) is 19.4 Å². The molecule has 0 bridgehead atoms. The first-order valence-electron chi connectivity index (χ1n) is 9.26. The summed E-state index contributed by atoms with van der Waals surface area (Å²) in [6.45, 7) is 8.57. The summed E-state index contributed by atoms with van der Waals surface area (Å²) < 4.78 is 1.93. The molecule has 0 radical (unpaired) electrons. The summed E-state index contributed by atoms with van der Waals surface area (Å²) in [5.74, 6) is 0.518. The van der Waals surface area contributed by atoms with Crippen molar-refractivity contribution in [3.63, 3.8) is 0 Å². The molecule has 0 atom stereocenters. The molecule has 1 aliphatic heterocycles. The highest BCUT2D eigenvalue weighted by Gasteiger charge is 2.20. The van der Waals surface area contributed by atoms with Crippen molar-refractivity contribution < 1.29 is 4.79 Å². The Morgan fingerprint density at radius 2 is 1.85 bits per heavy atom. The molecule has 140 valence electrons. The Morgan fingerprint density at radius 3 is 2.48 bits per heavy atom. The number of aromatic nitrogens is 3. The molecule has 0 unspecified atom stereocenters. The van der Waals surface area contributed by atoms with Gasteiger partial charge in [0.1, 0.15) is 17.7 Å². The zero-order valence-corrected chi connectivity index (χ0v) is 15.7. The number of nitrogens with zero attached hydrogens (tertiary/aromatic N) is 5. The molecule has 2 N–H and O–H groups in total. The van der Waals surface area contributed by atoms with Gasteiger partial charge in [0.25, 0.3) is 5.91 Å². The van der Waals surface area contributed by atoms with E-state index < -0.39 is 5.91 Å². The number of primary amides is 1. The number of hydrogen-bond donors (Lipinski definition) is 1. The van der Waals surface area contributed by atoms with Crippen molar-refractivity contribution in [2.45, 2.75) is 19.9 Å². The highest BCUT2D eigenvalue weighted by atomic mass is 16.1. The van der Waals surface area contributed by atoms with Gasteiger partial charge in [-0.2, -0.15) is 0 Å². The van der Waals surface area contributed by atoms with E-state index in [1.54, 1.807) is 12.4 Å². The van der Waals surface area contributed by atoms with E-state index in [0.717, 1.165) is 43.2 Å². The Bertz CT molecular complexity index is 954. The number of carbonyl (C=O) groups is 1. The summed E-state index contributed by atoms with van der Waals surface area (Å²) in [6, 6.07) is 10.1. The second-order valence-corrected chi connectivity index (χ2v) is 7.14. The standard InChI is InChI=1S/C20H24N6O/c1-14(2)24-8-10-25(11-9-24)18-7-6-15(12-22-18)26-13-23-19-16(20(21)27)4-3-5-17(19)26/h3-7,12-14H,8-11H2,1-2H3,(H2,21,27). The summed E-state index contributed by atoms with van der Waals surface area (Å²) in [7, 11) is 0. The van der Waals surface area contributed by atoms with Crippen molar-refractivity contribution in [1.29, 1.82) is 0 Å². The molecule has 1 amide bonds. The molecule has 4 rings (SSSR count). The maximum absolute atomic E-state index is 11.6. The van der Waals surface area contributed by atoms with Crippen LogP contribution in [-0.4, -0.2) is 57.6 Å². The number of fused-ring (bicyclic) bond motifs is 1. The van der Waals surface area contributed by atoms with Crippen LogP contribution in [0.25, 0.3) is 16.7 Å².